The van der Waals surface area contributed by atoms with Crippen molar-refractivity contribution in [2.75, 3.05) is 7.05 Å². The molecule has 2 N–H and O–H groups in total. The van der Waals surface area contributed by atoms with Gasteiger partial charge in [0, 0.05) is 24.4 Å². The van der Waals surface area contributed by atoms with E-state index in [9.17, 15) is 4.79 Å². The quantitative estimate of drug-likeness (QED) is 0.927. The lowest BCUT2D eigenvalue weighted by molar-refractivity contribution is -0.131. The van der Waals surface area contributed by atoms with E-state index in [2.05, 4.69) is 0 Å². The predicted molar refractivity (Wildman–Crippen MR) is 80.4 cm³/mol. The van der Waals surface area contributed by atoms with E-state index in [4.69, 9.17) is 17.3 Å². The van der Waals surface area contributed by atoms with Gasteiger partial charge >= 0.3 is 0 Å². The standard InChI is InChI=1S/C14H21ClN2OS/c1-17(9-11-6-7-13(15)19-11)14(18)8-10-4-2-3-5-12(10)16/h6-7,10,12H,2-5,8-9,16H2,1H3. The fourth-order valence-electron chi connectivity index (χ4n) is 2.63. The molecule has 1 fully saturated rings. The van der Waals surface area contributed by atoms with Crippen molar-refractivity contribution in [3.05, 3.63) is 21.3 Å². The first-order valence-corrected chi connectivity index (χ1v) is 7.99. The molecule has 0 saturated heterocycles. The van der Waals surface area contributed by atoms with E-state index in [1.807, 2.05) is 19.2 Å². The Morgan fingerprint density at radius 3 is 2.84 bits per heavy atom. The summed E-state index contributed by atoms with van der Waals surface area (Å²) in [5.74, 6) is 0.544. The van der Waals surface area contributed by atoms with Gasteiger partial charge in [-0.25, -0.2) is 0 Å². The van der Waals surface area contributed by atoms with Crippen LogP contribution >= 0.6 is 22.9 Å². The number of hydrogen-bond acceptors (Lipinski definition) is 3. The Hall–Kier alpha value is -0.580. The lowest BCUT2D eigenvalue weighted by atomic mass is 9.83. The van der Waals surface area contributed by atoms with Gasteiger partial charge in [-0.1, -0.05) is 24.4 Å². The third-order valence-corrected chi connectivity index (χ3v) is 5.07. The molecular weight excluding hydrogens is 280 g/mol. The molecule has 0 bridgehead atoms. The highest BCUT2D eigenvalue weighted by Gasteiger charge is 2.25. The molecular formula is C14H21ClN2OS. The second-order valence-corrected chi connectivity index (χ2v) is 7.17. The molecule has 0 aromatic carbocycles. The van der Waals surface area contributed by atoms with Crippen molar-refractivity contribution < 1.29 is 4.79 Å². The minimum absolute atomic E-state index is 0.187. The molecule has 0 spiro atoms. The zero-order valence-electron chi connectivity index (χ0n) is 11.3. The maximum absolute atomic E-state index is 12.2. The first-order valence-electron chi connectivity index (χ1n) is 6.80. The zero-order valence-corrected chi connectivity index (χ0v) is 12.8. The third kappa shape index (κ3) is 4.20. The normalized spacial score (nSPS) is 23.3. The van der Waals surface area contributed by atoms with Crippen LogP contribution in [0.15, 0.2) is 12.1 Å². The number of halogens is 1. The topological polar surface area (TPSA) is 46.3 Å². The molecule has 3 nitrogen and oxygen atoms in total. The second-order valence-electron chi connectivity index (χ2n) is 5.37. The summed E-state index contributed by atoms with van der Waals surface area (Å²) in [6, 6.07) is 4.04. The average molecular weight is 301 g/mol. The van der Waals surface area contributed by atoms with Gasteiger partial charge in [0.15, 0.2) is 0 Å². The van der Waals surface area contributed by atoms with Gasteiger partial charge in [-0.15, -0.1) is 11.3 Å². The highest BCUT2D eigenvalue weighted by molar-refractivity contribution is 7.16. The first kappa shape index (κ1) is 14.8. The number of nitrogens with zero attached hydrogens (tertiary/aromatic N) is 1. The van der Waals surface area contributed by atoms with Crippen LogP contribution in [0.1, 0.15) is 37.0 Å². The Kier molecular flexibility index (Phi) is 5.25. The van der Waals surface area contributed by atoms with Gasteiger partial charge in [0.05, 0.1) is 10.9 Å². The molecule has 2 rings (SSSR count). The fraction of sp³-hybridized carbons (Fsp3) is 0.643. The zero-order chi connectivity index (χ0) is 13.8. The minimum Gasteiger partial charge on any atom is -0.341 e. The maximum atomic E-state index is 12.2. The molecule has 2 atom stereocenters. The van der Waals surface area contributed by atoms with Crippen molar-refractivity contribution >= 4 is 28.8 Å². The van der Waals surface area contributed by atoms with Crippen LogP contribution in [-0.2, 0) is 11.3 Å². The molecule has 1 heterocycles. The smallest absolute Gasteiger partial charge is 0.222 e. The number of nitrogens with two attached hydrogens (primary N) is 1. The highest BCUT2D eigenvalue weighted by Crippen LogP contribution is 2.27. The molecule has 1 aliphatic carbocycles. The number of amides is 1. The molecule has 19 heavy (non-hydrogen) atoms. The monoisotopic (exact) mass is 300 g/mol. The van der Waals surface area contributed by atoms with Crippen molar-refractivity contribution in [3.63, 3.8) is 0 Å². The minimum atomic E-state index is 0.187. The summed E-state index contributed by atoms with van der Waals surface area (Å²) >= 11 is 7.42. The molecule has 1 aromatic heterocycles. The van der Waals surface area contributed by atoms with E-state index in [0.717, 1.165) is 22.1 Å². The van der Waals surface area contributed by atoms with Crippen LogP contribution in [0.2, 0.25) is 4.34 Å². The number of hydrogen-bond donors (Lipinski definition) is 1. The van der Waals surface area contributed by atoms with E-state index < -0.39 is 0 Å². The van der Waals surface area contributed by atoms with Gasteiger partial charge in [0.25, 0.3) is 0 Å². The van der Waals surface area contributed by atoms with E-state index in [1.54, 1.807) is 4.90 Å². The summed E-state index contributed by atoms with van der Waals surface area (Å²) in [6.45, 7) is 0.637. The van der Waals surface area contributed by atoms with Crippen molar-refractivity contribution in [1.82, 2.24) is 4.90 Å². The SMILES string of the molecule is CN(Cc1ccc(Cl)s1)C(=O)CC1CCCCC1N. The summed E-state index contributed by atoms with van der Waals surface area (Å²) in [6.07, 6.45) is 5.13. The van der Waals surface area contributed by atoms with E-state index in [-0.39, 0.29) is 11.9 Å². The van der Waals surface area contributed by atoms with Crippen LogP contribution in [-0.4, -0.2) is 23.9 Å². The van der Waals surface area contributed by atoms with Gasteiger partial charge < -0.3 is 10.6 Å². The molecule has 1 aliphatic rings. The lowest BCUT2D eigenvalue weighted by Crippen LogP contribution is -2.37. The second kappa shape index (κ2) is 6.73. The van der Waals surface area contributed by atoms with Crippen molar-refractivity contribution in [2.24, 2.45) is 11.7 Å². The third-order valence-electron chi connectivity index (χ3n) is 3.85. The highest BCUT2D eigenvalue weighted by atomic mass is 35.5. The summed E-state index contributed by atoms with van der Waals surface area (Å²) in [5.41, 5.74) is 6.10. The molecule has 1 saturated carbocycles. The maximum Gasteiger partial charge on any atom is 0.222 e. The molecule has 0 aliphatic heterocycles. The molecule has 1 amide bonds. The van der Waals surface area contributed by atoms with Crippen molar-refractivity contribution in [2.45, 2.75) is 44.7 Å². The van der Waals surface area contributed by atoms with Crippen LogP contribution in [0.4, 0.5) is 0 Å². The van der Waals surface area contributed by atoms with Crippen LogP contribution in [0.25, 0.3) is 0 Å². The summed E-state index contributed by atoms with van der Waals surface area (Å²) in [7, 11) is 1.85. The Labute approximate surface area is 123 Å². The number of rotatable bonds is 4. The Bertz CT molecular complexity index is 435. The van der Waals surface area contributed by atoms with Gasteiger partial charge in [0.1, 0.15) is 0 Å². The number of carbonyl (C=O) groups excluding carboxylic acids is 1. The van der Waals surface area contributed by atoms with Gasteiger partial charge in [0.2, 0.25) is 5.91 Å². The summed E-state index contributed by atoms with van der Waals surface area (Å²) < 4.78 is 0.769. The Morgan fingerprint density at radius 2 is 2.21 bits per heavy atom. The van der Waals surface area contributed by atoms with Crippen LogP contribution < -0.4 is 5.73 Å². The average Bonchev–Trinajstić information content (AvgIpc) is 2.77. The number of carbonyl (C=O) groups is 1. The van der Waals surface area contributed by atoms with E-state index in [1.165, 1.54) is 24.2 Å². The Morgan fingerprint density at radius 1 is 1.47 bits per heavy atom. The van der Waals surface area contributed by atoms with Crippen LogP contribution in [0.5, 0.6) is 0 Å². The molecule has 2 unspecified atom stereocenters. The van der Waals surface area contributed by atoms with Crippen molar-refractivity contribution in [3.8, 4) is 0 Å². The van der Waals surface area contributed by atoms with Gasteiger partial charge in [-0.05, 0) is 30.9 Å². The first-order chi connectivity index (χ1) is 9.06. The van der Waals surface area contributed by atoms with Gasteiger partial charge in [-0.3, -0.25) is 4.79 Å². The Balaban J connectivity index is 1.85. The molecule has 106 valence electrons. The molecule has 5 heteroatoms. The number of thiophene rings is 1. The predicted octanol–water partition coefficient (Wildman–Crippen LogP) is 3.27. The lowest BCUT2D eigenvalue weighted by Gasteiger charge is -2.29. The van der Waals surface area contributed by atoms with E-state index in [0.29, 0.717) is 18.9 Å². The van der Waals surface area contributed by atoms with Gasteiger partial charge in [-0.2, -0.15) is 0 Å². The van der Waals surface area contributed by atoms with Crippen molar-refractivity contribution in [1.29, 1.82) is 0 Å². The van der Waals surface area contributed by atoms with Crippen LogP contribution in [0.3, 0.4) is 0 Å². The summed E-state index contributed by atoms with van der Waals surface area (Å²) in [5, 5.41) is 0. The largest absolute Gasteiger partial charge is 0.341 e. The molecule has 0 radical (unpaired) electrons. The van der Waals surface area contributed by atoms with E-state index >= 15 is 0 Å². The molecule has 1 aromatic rings. The fourth-order valence-corrected chi connectivity index (χ4v) is 3.77. The van der Waals surface area contributed by atoms with Crippen LogP contribution in [0, 0.1) is 5.92 Å². The summed E-state index contributed by atoms with van der Waals surface area (Å²) in [4.78, 5) is 15.1.